The number of tetrazole rings is 1. The minimum Gasteiger partial charge on any atom is -0.354 e. The van der Waals surface area contributed by atoms with Gasteiger partial charge in [0.15, 0.2) is 0 Å². The van der Waals surface area contributed by atoms with Crippen LogP contribution in [0, 0.1) is 11.7 Å². The Bertz CT molecular complexity index is 1330. The van der Waals surface area contributed by atoms with E-state index in [4.69, 9.17) is 0 Å². The monoisotopic (exact) mass is 515 g/mol. The molecule has 2 aromatic heterocycles. The third kappa shape index (κ3) is 7.06. The molecule has 0 saturated heterocycles. The van der Waals surface area contributed by atoms with E-state index in [-0.39, 0.29) is 36.5 Å². The molecule has 2 aromatic carbocycles. The highest BCUT2D eigenvalue weighted by Gasteiger charge is 2.32. The average molecular weight is 516 g/mol. The third-order valence-electron chi connectivity index (χ3n) is 5.95. The maximum atomic E-state index is 13.8. The first-order valence-electron chi connectivity index (χ1n) is 12.5. The van der Waals surface area contributed by atoms with Gasteiger partial charge in [0.25, 0.3) is 0 Å². The Balaban J connectivity index is 1.63. The van der Waals surface area contributed by atoms with Gasteiger partial charge in [0.1, 0.15) is 18.4 Å². The van der Waals surface area contributed by atoms with Gasteiger partial charge in [0.05, 0.1) is 0 Å². The second-order valence-corrected chi connectivity index (χ2v) is 9.31. The van der Waals surface area contributed by atoms with E-state index in [0.29, 0.717) is 23.6 Å². The van der Waals surface area contributed by atoms with Crippen LogP contribution in [0.25, 0.3) is 11.4 Å². The van der Waals surface area contributed by atoms with Gasteiger partial charge >= 0.3 is 0 Å². The zero-order chi connectivity index (χ0) is 26.9. The molecule has 196 valence electrons. The summed E-state index contributed by atoms with van der Waals surface area (Å²) in [6.07, 6.45) is 4.02. The Morgan fingerprint density at radius 3 is 2.39 bits per heavy atom. The van der Waals surface area contributed by atoms with Crippen molar-refractivity contribution in [3.05, 3.63) is 96.1 Å². The van der Waals surface area contributed by atoms with E-state index in [2.05, 4.69) is 39.6 Å². The summed E-state index contributed by atoms with van der Waals surface area (Å²) in [6, 6.07) is 17.7. The summed E-state index contributed by atoms with van der Waals surface area (Å²) in [5, 5.41) is 15.3. The molecule has 1 unspecified atom stereocenters. The van der Waals surface area contributed by atoms with Crippen molar-refractivity contribution in [2.75, 3.05) is 6.54 Å². The zero-order valence-corrected chi connectivity index (χ0v) is 21.4. The predicted molar refractivity (Wildman–Crippen MR) is 140 cm³/mol. The van der Waals surface area contributed by atoms with Crippen LogP contribution >= 0.6 is 0 Å². The van der Waals surface area contributed by atoms with E-state index < -0.39 is 6.04 Å². The standard InChI is InChI=1S/C28H30FN7O2/c1-20(2)12-17-31-28(38)26(22-13-15-30-16-14-22)35(18-21-6-4-3-5-7-21)25(37)19-36-33-27(32-34-36)23-8-10-24(29)11-9-23/h3-11,13-16,20,26H,12,17-19H2,1-2H3,(H,31,38). The lowest BCUT2D eigenvalue weighted by Crippen LogP contribution is -2.45. The SMILES string of the molecule is CC(C)CCNC(=O)C(c1ccncc1)N(Cc1ccccc1)C(=O)Cn1nnc(-c2ccc(F)cc2)n1. The van der Waals surface area contributed by atoms with Gasteiger partial charge in [0, 0.05) is 31.0 Å². The fraction of sp³-hybridized carbons (Fsp3) is 0.286. The van der Waals surface area contributed by atoms with E-state index in [9.17, 15) is 14.0 Å². The number of hydrogen-bond donors (Lipinski definition) is 1. The van der Waals surface area contributed by atoms with Crippen LogP contribution in [0.3, 0.4) is 0 Å². The summed E-state index contributed by atoms with van der Waals surface area (Å²) in [4.78, 5) is 34.1. The summed E-state index contributed by atoms with van der Waals surface area (Å²) >= 11 is 0. The van der Waals surface area contributed by atoms with Crippen LogP contribution in [-0.4, -0.2) is 48.5 Å². The van der Waals surface area contributed by atoms with Gasteiger partial charge in [-0.05, 0) is 65.1 Å². The molecule has 0 radical (unpaired) electrons. The first-order chi connectivity index (χ1) is 18.4. The van der Waals surface area contributed by atoms with Gasteiger partial charge in [-0.25, -0.2) is 4.39 Å². The predicted octanol–water partition coefficient (Wildman–Crippen LogP) is 3.81. The fourth-order valence-corrected chi connectivity index (χ4v) is 3.94. The lowest BCUT2D eigenvalue weighted by molar-refractivity contribution is -0.142. The van der Waals surface area contributed by atoms with Crippen molar-refractivity contribution in [3.63, 3.8) is 0 Å². The molecule has 1 atom stereocenters. The number of rotatable bonds is 11. The van der Waals surface area contributed by atoms with Crippen molar-refractivity contribution in [1.29, 1.82) is 0 Å². The summed E-state index contributed by atoms with van der Waals surface area (Å²) in [6.45, 7) is 4.63. The highest BCUT2D eigenvalue weighted by atomic mass is 19.1. The largest absolute Gasteiger partial charge is 0.354 e. The molecule has 0 bridgehead atoms. The topological polar surface area (TPSA) is 106 Å². The first-order valence-corrected chi connectivity index (χ1v) is 12.5. The van der Waals surface area contributed by atoms with Crippen LogP contribution in [-0.2, 0) is 22.7 Å². The second kappa shape index (κ2) is 12.7. The molecule has 0 saturated carbocycles. The molecule has 2 heterocycles. The molecule has 9 nitrogen and oxygen atoms in total. The third-order valence-corrected chi connectivity index (χ3v) is 5.95. The number of nitrogens with zero attached hydrogens (tertiary/aromatic N) is 6. The van der Waals surface area contributed by atoms with Gasteiger partial charge in [0.2, 0.25) is 17.6 Å². The van der Waals surface area contributed by atoms with Crippen LogP contribution in [0.1, 0.15) is 37.4 Å². The quantitative estimate of drug-likeness (QED) is 0.326. The number of halogens is 1. The van der Waals surface area contributed by atoms with Gasteiger partial charge in [-0.1, -0.05) is 44.2 Å². The molecule has 38 heavy (non-hydrogen) atoms. The van der Waals surface area contributed by atoms with Gasteiger partial charge < -0.3 is 10.2 Å². The first kappa shape index (κ1) is 26.6. The fourth-order valence-electron chi connectivity index (χ4n) is 3.94. The molecule has 1 N–H and O–H groups in total. The molecule has 4 rings (SSSR count). The van der Waals surface area contributed by atoms with Crippen molar-refractivity contribution in [3.8, 4) is 11.4 Å². The van der Waals surface area contributed by atoms with E-state index in [0.717, 1.165) is 12.0 Å². The smallest absolute Gasteiger partial charge is 0.247 e. The zero-order valence-electron chi connectivity index (χ0n) is 21.4. The number of amides is 2. The molecule has 0 aliphatic carbocycles. The second-order valence-electron chi connectivity index (χ2n) is 9.31. The van der Waals surface area contributed by atoms with Crippen LogP contribution < -0.4 is 5.32 Å². The molecule has 0 aliphatic rings. The lowest BCUT2D eigenvalue weighted by atomic mass is 10.0. The summed E-state index contributed by atoms with van der Waals surface area (Å²) in [5.41, 5.74) is 2.09. The lowest BCUT2D eigenvalue weighted by Gasteiger charge is -2.31. The van der Waals surface area contributed by atoms with Crippen molar-refractivity contribution < 1.29 is 14.0 Å². The number of pyridine rings is 1. The van der Waals surface area contributed by atoms with Crippen LogP contribution in [0.2, 0.25) is 0 Å². The Morgan fingerprint density at radius 1 is 1.00 bits per heavy atom. The number of benzene rings is 2. The Labute approximate surface area is 220 Å². The van der Waals surface area contributed by atoms with Crippen LogP contribution in [0.4, 0.5) is 4.39 Å². The Hall–Kier alpha value is -4.47. The molecule has 0 spiro atoms. The molecule has 0 aliphatic heterocycles. The maximum Gasteiger partial charge on any atom is 0.247 e. The van der Waals surface area contributed by atoms with E-state index >= 15 is 0 Å². The Kier molecular flexibility index (Phi) is 8.86. The molecular weight excluding hydrogens is 485 g/mol. The minimum absolute atomic E-state index is 0.198. The number of carbonyl (C=O) groups is 2. The number of aromatic nitrogens is 5. The highest BCUT2D eigenvalue weighted by Crippen LogP contribution is 2.24. The molecule has 4 aromatic rings. The summed E-state index contributed by atoms with van der Waals surface area (Å²) in [7, 11) is 0. The number of nitrogens with one attached hydrogen (secondary N) is 1. The molecule has 10 heteroatoms. The van der Waals surface area contributed by atoms with Crippen molar-refractivity contribution >= 4 is 11.8 Å². The minimum atomic E-state index is -0.891. The maximum absolute atomic E-state index is 13.8. The van der Waals surface area contributed by atoms with Crippen LogP contribution in [0.5, 0.6) is 0 Å². The van der Waals surface area contributed by atoms with Gasteiger partial charge in [-0.3, -0.25) is 14.6 Å². The van der Waals surface area contributed by atoms with Crippen LogP contribution in [0.15, 0.2) is 79.1 Å². The van der Waals surface area contributed by atoms with E-state index in [1.807, 2.05) is 30.3 Å². The van der Waals surface area contributed by atoms with Crippen molar-refractivity contribution in [2.24, 2.45) is 5.92 Å². The Morgan fingerprint density at radius 2 is 1.71 bits per heavy atom. The van der Waals surface area contributed by atoms with E-state index in [1.165, 1.54) is 21.8 Å². The molecule has 2 amide bonds. The van der Waals surface area contributed by atoms with Gasteiger partial charge in [-0.2, -0.15) is 4.80 Å². The summed E-state index contributed by atoms with van der Waals surface area (Å²) in [5.74, 6) is -0.325. The number of hydrogen-bond acceptors (Lipinski definition) is 6. The van der Waals surface area contributed by atoms with Crippen molar-refractivity contribution in [1.82, 2.24) is 35.4 Å². The van der Waals surface area contributed by atoms with Gasteiger partial charge in [-0.15, -0.1) is 10.2 Å². The van der Waals surface area contributed by atoms with Crippen molar-refractivity contribution in [2.45, 2.75) is 39.4 Å². The molecule has 0 fully saturated rings. The van der Waals surface area contributed by atoms with E-state index in [1.54, 1.807) is 36.7 Å². The normalized spacial score (nSPS) is 11.8. The highest BCUT2D eigenvalue weighted by molar-refractivity contribution is 5.88. The molecular formula is C28H30FN7O2. The number of carbonyl (C=O) groups excluding carboxylic acids is 2. The average Bonchev–Trinajstić information content (AvgIpc) is 3.38. The summed E-state index contributed by atoms with van der Waals surface area (Å²) < 4.78 is 13.3.